The van der Waals surface area contributed by atoms with E-state index < -0.39 is 0 Å². The van der Waals surface area contributed by atoms with Crippen molar-refractivity contribution in [2.24, 2.45) is 0 Å². The van der Waals surface area contributed by atoms with Gasteiger partial charge in [-0.1, -0.05) is 6.92 Å². The molecule has 0 amide bonds. The molecule has 0 N–H and O–H groups in total. The number of hydrogen-bond acceptors (Lipinski definition) is 3. The van der Waals surface area contributed by atoms with Gasteiger partial charge in [-0.25, -0.2) is 4.98 Å². The van der Waals surface area contributed by atoms with Crippen LogP contribution in [0, 0.1) is 11.3 Å². The molecule has 0 atom stereocenters. The van der Waals surface area contributed by atoms with E-state index >= 15 is 0 Å². The normalized spacial score (nSPS) is 9.55. The molecule has 0 unspecified atom stereocenters. The van der Waals surface area contributed by atoms with E-state index in [1.165, 1.54) is 0 Å². The molecule has 1 aromatic heterocycles. The van der Waals surface area contributed by atoms with Crippen LogP contribution in [0.15, 0.2) is 4.60 Å². The molecule has 0 fully saturated rings. The SMILES string of the molecule is CCc1nc(Br)c(CC#N)s1. The van der Waals surface area contributed by atoms with Gasteiger partial charge < -0.3 is 0 Å². The number of aryl methyl sites for hydroxylation is 1. The van der Waals surface area contributed by atoms with Crippen LogP contribution in [0.1, 0.15) is 16.8 Å². The van der Waals surface area contributed by atoms with Crippen LogP contribution in [0.5, 0.6) is 0 Å². The average molecular weight is 231 g/mol. The third kappa shape index (κ3) is 2.01. The maximum absolute atomic E-state index is 8.43. The van der Waals surface area contributed by atoms with Crippen molar-refractivity contribution in [2.45, 2.75) is 19.8 Å². The third-order valence-corrected chi connectivity index (χ3v) is 3.35. The molecule has 0 radical (unpaired) electrons. The Bertz CT molecular complexity index is 287. The lowest BCUT2D eigenvalue weighted by atomic mass is 10.4. The molecule has 1 heterocycles. The van der Waals surface area contributed by atoms with Crippen molar-refractivity contribution < 1.29 is 0 Å². The Morgan fingerprint density at radius 3 is 2.91 bits per heavy atom. The summed E-state index contributed by atoms with van der Waals surface area (Å²) in [6.45, 7) is 2.06. The standard InChI is InChI=1S/C7H7BrN2S/c1-2-6-10-7(8)5(11-6)3-4-9/h2-3H2,1H3. The highest BCUT2D eigenvalue weighted by Gasteiger charge is 2.05. The second kappa shape index (κ2) is 3.84. The van der Waals surface area contributed by atoms with Gasteiger partial charge >= 0.3 is 0 Å². The highest BCUT2D eigenvalue weighted by Crippen LogP contribution is 2.23. The Kier molecular flexibility index (Phi) is 3.03. The van der Waals surface area contributed by atoms with Crippen LogP contribution in [0.4, 0.5) is 0 Å². The van der Waals surface area contributed by atoms with E-state index in [1.807, 2.05) is 0 Å². The molecule has 2 nitrogen and oxygen atoms in total. The molecule has 58 valence electrons. The molecule has 0 aromatic carbocycles. The van der Waals surface area contributed by atoms with Gasteiger partial charge in [0.2, 0.25) is 0 Å². The maximum atomic E-state index is 8.43. The first-order chi connectivity index (χ1) is 5.27. The van der Waals surface area contributed by atoms with Crippen molar-refractivity contribution in [2.75, 3.05) is 0 Å². The molecular formula is C7H7BrN2S. The summed E-state index contributed by atoms with van der Waals surface area (Å²) in [4.78, 5) is 5.26. The van der Waals surface area contributed by atoms with Gasteiger partial charge in [0.1, 0.15) is 4.60 Å². The molecule has 0 aliphatic heterocycles. The number of aromatic nitrogens is 1. The summed E-state index contributed by atoms with van der Waals surface area (Å²) in [5.74, 6) is 0. The molecule has 11 heavy (non-hydrogen) atoms. The second-order valence-corrected chi connectivity index (χ2v) is 3.93. The lowest BCUT2D eigenvalue weighted by Gasteiger charge is -1.82. The first kappa shape index (κ1) is 8.69. The van der Waals surface area contributed by atoms with E-state index in [9.17, 15) is 0 Å². The van der Waals surface area contributed by atoms with E-state index in [-0.39, 0.29) is 0 Å². The van der Waals surface area contributed by atoms with Crippen LogP contribution < -0.4 is 0 Å². The number of hydrogen-bond donors (Lipinski definition) is 0. The summed E-state index contributed by atoms with van der Waals surface area (Å²) in [5, 5.41) is 9.52. The van der Waals surface area contributed by atoms with E-state index in [0.717, 1.165) is 20.9 Å². The van der Waals surface area contributed by atoms with E-state index in [1.54, 1.807) is 11.3 Å². The monoisotopic (exact) mass is 230 g/mol. The van der Waals surface area contributed by atoms with Crippen LogP contribution in [0.2, 0.25) is 0 Å². The van der Waals surface area contributed by atoms with Gasteiger partial charge in [-0.15, -0.1) is 11.3 Å². The molecule has 0 saturated carbocycles. The maximum Gasteiger partial charge on any atom is 0.121 e. The zero-order valence-corrected chi connectivity index (χ0v) is 8.50. The molecular weight excluding hydrogens is 224 g/mol. The van der Waals surface area contributed by atoms with Crippen LogP contribution in [0.3, 0.4) is 0 Å². The number of rotatable bonds is 2. The van der Waals surface area contributed by atoms with Crippen LogP contribution in [-0.4, -0.2) is 4.98 Å². The first-order valence-corrected chi connectivity index (χ1v) is 4.90. The van der Waals surface area contributed by atoms with Gasteiger partial charge in [-0.05, 0) is 22.4 Å². The summed E-state index contributed by atoms with van der Waals surface area (Å²) in [6.07, 6.45) is 1.40. The third-order valence-electron chi connectivity index (χ3n) is 1.24. The van der Waals surface area contributed by atoms with Gasteiger partial charge in [-0.2, -0.15) is 5.26 Å². The van der Waals surface area contributed by atoms with Crippen molar-refractivity contribution >= 4 is 27.3 Å². The molecule has 4 heteroatoms. The topological polar surface area (TPSA) is 36.7 Å². The summed E-state index contributed by atoms with van der Waals surface area (Å²) >= 11 is 4.91. The van der Waals surface area contributed by atoms with Crippen LogP contribution >= 0.6 is 27.3 Å². The van der Waals surface area contributed by atoms with Crippen molar-refractivity contribution in [1.82, 2.24) is 4.98 Å². The fourth-order valence-electron chi connectivity index (χ4n) is 0.711. The average Bonchev–Trinajstić information content (AvgIpc) is 2.33. The lowest BCUT2D eigenvalue weighted by Crippen LogP contribution is -1.75. The van der Waals surface area contributed by atoms with Crippen LogP contribution in [0.25, 0.3) is 0 Å². The molecule has 1 rings (SSSR count). The molecule has 0 aliphatic carbocycles. The zero-order valence-electron chi connectivity index (χ0n) is 6.09. The molecule has 1 aromatic rings. The molecule has 0 spiro atoms. The second-order valence-electron chi connectivity index (χ2n) is 2.01. The van der Waals surface area contributed by atoms with Crippen molar-refractivity contribution in [3.05, 3.63) is 14.5 Å². The fourth-order valence-corrected chi connectivity index (χ4v) is 2.26. The smallest absolute Gasteiger partial charge is 0.121 e. The number of nitriles is 1. The van der Waals surface area contributed by atoms with E-state index in [2.05, 4.69) is 33.9 Å². The van der Waals surface area contributed by atoms with Crippen molar-refractivity contribution in [3.63, 3.8) is 0 Å². The predicted octanol–water partition coefficient (Wildman–Crippen LogP) is 2.53. The largest absolute Gasteiger partial charge is 0.234 e. The summed E-state index contributed by atoms with van der Waals surface area (Å²) in [5.41, 5.74) is 0. The minimum absolute atomic E-state index is 0.457. The number of halogens is 1. The lowest BCUT2D eigenvalue weighted by molar-refractivity contribution is 1.08. The van der Waals surface area contributed by atoms with Gasteiger partial charge in [-0.3, -0.25) is 0 Å². The summed E-state index contributed by atoms with van der Waals surface area (Å²) in [7, 11) is 0. The zero-order chi connectivity index (χ0) is 8.27. The summed E-state index contributed by atoms with van der Waals surface area (Å²) < 4.78 is 0.834. The van der Waals surface area contributed by atoms with Gasteiger partial charge in [0.15, 0.2) is 0 Å². The van der Waals surface area contributed by atoms with Crippen molar-refractivity contribution in [3.8, 4) is 6.07 Å². The predicted molar refractivity (Wildman–Crippen MR) is 48.5 cm³/mol. The fraction of sp³-hybridized carbons (Fsp3) is 0.429. The first-order valence-electron chi connectivity index (χ1n) is 3.29. The minimum Gasteiger partial charge on any atom is -0.234 e. The highest BCUT2D eigenvalue weighted by molar-refractivity contribution is 9.10. The minimum atomic E-state index is 0.457. The quantitative estimate of drug-likeness (QED) is 0.784. The van der Waals surface area contributed by atoms with Gasteiger partial charge in [0.05, 0.1) is 22.4 Å². The Labute approximate surface area is 78.0 Å². The Balaban J connectivity index is 2.90. The van der Waals surface area contributed by atoms with E-state index in [0.29, 0.717) is 6.42 Å². The van der Waals surface area contributed by atoms with Crippen LogP contribution in [-0.2, 0) is 12.8 Å². The van der Waals surface area contributed by atoms with Gasteiger partial charge in [0.25, 0.3) is 0 Å². The number of thiazole rings is 1. The number of nitrogens with zero attached hydrogens (tertiary/aromatic N) is 2. The Morgan fingerprint density at radius 2 is 2.45 bits per heavy atom. The van der Waals surface area contributed by atoms with E-state index in [4.69, 9.17) is 5.26 Å². The highest BCUT2D eigenvalue weighted by atomic mass is 79.9. The van der Waals surface area contributed by atoms with Crippen molar-refractivity contribution in [1.29, 1.82) is 5.26 Å². The Morgan fingerprint density at radius 1 is 1.73 bits per heavy atom. The summed E-state index contributed by atoms with van der Waals surface area (Å²) in [6, 6.07) is 2.10. The molecule has 0 bridgehead atoms. The molecule has 0 saturated heterocycles. The Hall–Kier alpha value is -0.400. The van der Waals surface area contributed by atoms with Gasteiger partial charge in [0, 0.05) is 0 Å². The molecule has 0 aliphatic rings.